The van der Waals surface area contributed by atoms with Crippen LogP contribution in [0.5, 0.6) is 0 Å². The van der Waals surface area contributed by atoms with Crippen molar-refractivity contribution in [3.8, 4) is 0 Å². The molecule has 0 saturated carbocycles. The van der Waals surface area contributed by atoms with Gasteiger partial charge in [-0.15, -0.1) is 0 Å². The summed E-state index contributed by atoms with van der Waals surface area (Å²) < 4.78 is 5.79. The van der Waals surface area contributed by atoms with E-state index >= 15 is 0 Å². The summed E-state index contributed by atoms with van der Waals surface area (Å²) in [5.74, 6) is 0. The first kappa shape index (κ1) is 14.3. The molecule has 0 aromatic carbocycles. The van der Waals surface area contributed by atoms with Gasteiger partial charge >= 0.3 is 0 Å². The fraction of sp³-hybridized carbons (Fsp3) is 1.00. The molecule has 0 amide bonds. The summed E-state index contributed by atoms with van der Waals surface area (Å²) in [5, 5.41) is 3.76. The van der Waals surface area contributed by atoms with Crippen LogP contribution in [0.3, 0.4) is 0 Å². The van der Waals surface area contributed by atoms with Crippen LogP contribution < -0.4 is 5.32 Å². The third kappa shape index (κ3) is 4.22. The predicted molar refractivity (Wildman–Crippen MR) is 75.9 cm³/mol. The second kappa shape index (κ2) is 6.88. The van der Waals surface area contributed by atoms with Gasteiger partial charge in [-0.1, -0.05) is 6.42 Å². The van der Waals surface area contributed by atoms with E-state index in [4.69, 9.17) is 4.74 Å². The Labute approximate surface area is 112 Å². The van der Waals surface area contributed by atoms with Gasteiger partial charge in [0.2, 0.25) is 0 Å². The SMILES string of the molecule is CC1CC(NCC(C)N2CCCCC2)CC(C)O1. The lowest BCUT2D eigenvalue weighted by atomic mass is 9.99. The standard InChI is InChI=1S/C15H30N2O/c1-12(17-7-5-4-6-8-17)11-16-15-9-13(2)18-14(3)10-15/h12-16H,4-11H2,1-3H3. The van der Waals surface area contributed by atoms with E-state index in [0.717, 1.165) is 19.4 Å². The summed E-state index contributed by atoms with van der Waals surface area (Å²) in [4.78, 5) is 2.64. The van der Waals surface area contributed by atoms with E-state index in [1.807, 2.05) is 0 Å². The Bertz CT molecular complexity index is 231. The first-order chi connectivity index (χ1) is 8.65. The molecule has 0 bridgehead atoms. The highest BCUT2D eigenvalue weighted by Crippen LogP contribution is 2.19. The topological polar surface area (TPSA) is 24.5 Å². The number of piperidine rings is 1. The van der Waals surface area contributed by atoms with Gasteiger partial charge in [0.05, 0.1) is 12.2 Å². The molecule has 3 heteroatoms. The van der Waals surface area contributed by atoms with Gasteiger partial charge in [-0.25, -0.2) is 0 Å². The molecule has 2 fully saturated rings. The summed E-state index contributed by atoms with van der Waals surface area (Å²) in [6, 6.07) is 1.33. The summed E-state index contributed by atoms with van der Waals surface area (Å²) in [6.07, 6.45) is 7.35. The molecule has 0 aromatic rings. The number of hydrogen-bond donors (Lipinski definition) is 1. The number of likely N-dealkylation sites (tertiary alicyclic amines) is 1. The van der Waals surface area contributed by atoms with Crippen molar-refractivity contribution in [3.63, 3.8) is 0 Å². The van der Waals surface area contributed by atoms with Gasteiger partial charge in [0.1, 0.15) is 0 Å². The van der Waals surface area contributed by atoms with Crippen molar-refractivity contribution in [1.82, 2.24) is 10.2 Å². The zero-order chi connectivity index (χ0) is 13.0. The highest BCUT2D eigenvalue weighted by molar-refractivity contribution is 4.81. The van der Waals surface area contributed by atoms with Crippen molar-refractivity contribution in [2.75, 3.05) is 19.6 Å². The summed E-state index contributed by atoms with van der Waals surface area (Å²) >= 11 is 0. The first-order valence-electron chi connectivity index (χ1n) is 7.78. The van der Waals surface area contributed by atoms with Crippen LogP contribution in [0.15, 0.2) is 0 Å². The maximum absolute atomic E-state index is 5.79. The fourth-order valence-corrected chi connectivity index (χ4v) is 3.40. The minimum Gasteiger partial charge on any atom is -0.375 e. The van der Waals surface area contributed by atoms with Crippen LogP contribution in [0.25, 0.3) is 0 Å². The van der Waals surface area contributed by atoms with Crippen LogP contribution in [0, 0.1) is 0 Å². The van der Waals surface area contributed by atoms with Gasteiger partial charge in [-0.05, 0) is 59.5 Å². The fourth-order valence-electron chi connectivity index (χ4n) is 3.40. The molecule has 106 valence electrons. The molecule has 0 spiro atoms. The lowest BCUT2D eigenvalue weighted by Crippen LogP contribution is -2.48. The average Bonchev–Trinajstić information content (AvgIpc) is 2.36. The van der Waals surface area contributed by atoms with E-state index in [0.29, 0.717) is 24.3 Å². The second-order valence-electron chi connectivity index (χ2n) is 6.28. The molecular weight excluding hydrogens is 224 g/mol. The van der Waals surface area contributed by atoms with Gasteiger partial charge < -0.3 is 10.1 Å². The monoisotopic (exact) mass is 254 g/mol. The highest BCUT2D eigenvalue weighted by Gasteiger charge is 2.25. The van der Waals surface area contributed by atoms with Gasteiger partial charge in [0, 0.05) is 18.6 Å². The third-order valence-electron chi connectivity index (χ3n) is 4.41. The molecule has 1 N–H and O–H groups in total. The van der Waals surface area contributed by atoms with Crippen LogP contribution in [0.2, 0.25) is 0 Å². The summed E-state index contributed by atoms with van der Waals surface area (Å²) in [6.45, 7) is 10.5. The number of rotatable bonds is 4. The Hall–Kier alpha value is -0.120. The van der Waals surface area contributed by atoms with E-state index in [1.165, 1.54) is 32.4 Å². The minimum absolute atomic E-state index is 0.413. The lowest BCUT2D eigenvalue weighted by Gasteiger charge is -2.36. The predicted octanol–water partition coefficient (Wildman–Crippen LogP) is 2.41. The van der Waals surface area contributed by atoms with Gasteiger partial charge in [-0.3, -0.25) is 4.90 Å². The molecule has 0 aliphatic carbocycles. The minimum atomic E-state index is 0.413. The Morgan fingerprint density at radius 3 is 2.33 bits per heavy atom. The number of nitrogens with one attached hydrogen (secondary N) is 1. The normalized spacial score (nSPS) is 36.5. The lowest BCUT2D eigenvalue weighted by molar-refractivity contribution is -0.0427. The zero-order valence-corrected chi connectivity index (χ0v) is 12.3. The maximum Gasteiger partial charge on any atom is 0.0565 e. The molecule has 2 saturated heterocycles. The Morgan fingerprint density at radius 1 is 1.11 bits per heavy atom. The first-order valence-corrected chi connectivity index (χ1v) is 7.78. The van der Waals surface area contributed by atoms with Crippen molar-refractivity contribution in [1.29, 1.82) is 0 Å². The van der Waals surface area contributed by atoms with Crippen LogP contribution in [-0.4, -0.2) is 48.8 Å². The van der Waals surface area contributed by atoms with Crippen LogP contribution in [0.1, 0.15) is 52.9 Å². The molecule has 2 heterocycles. The van der Waals surface area contributed by atoms with Crippen molar-refractivity contribution < 1.29 is 4.74 Å². The smallest absolute Gasteiger partial charge is 0.0565 e. The van der Waals surface area contributed by atoms with E-state index in [2.05, 4.69) is 31.0 Å². The molecule has 2 aliphatic heterocycles. The van der Waals surface area contributed by atoms with Crippen molar-refractivity contribution in [2.24, 2.45) is 0 Å². The molecule has 18 heavy (non-hydrogen) atoms. The Morgan fingerprint density at radius 2 is 1.72 bits per heavy atom. The number of ether oxygens (including phenoxy) is 1. The van der Waals surface area contributed by atoms with Crippen molar-refractivity contribution in [3.05, 3.63) is 0 Å². The van der Waals surface area contributed by atoms with Crippen molar-refractivity contribution >= 4 is 0 Å². The van der Waals surface area contributed by atoms with E-state index < -0.39 is 0 Å². The third-order valence-corrected chi connectivity index (χ3v) is 4.41. The Balaban J connectivity index is 1.69. The highest BCUT2D eigenvalue weighted by atomic mass is 16.5. The molecule has 3 unspecified atom stereocenters. The van der Waals surface area contributed by atoms with E-state index in [1.54, 1.807) is 0 Å². The quantitative estimate of drug-likeness (QED) is 0.834. The van der Waals surface area contributed by atoms with Crippen LogP contribution >= 0.6 is 0 Å². The molecule has 0 aromatic heterocycles. The van der Waals surface area contributed by atoms with Gasteiger partial charge in [0.15, 0.2) is 0 Å². The zero-order valence-electron chi connectivity index (χ0n) is 12.3. The molecule has 2 rings (SSSR count). The molecule has 2 aliphatic rings. The maximum atomic E-state index is 5.79. The van der Waals surface area contributed by atoms with Crippen LogP contribution in [-0.2, 0) is 4.74 Å². The summed E-state index contributed by atoms with van der Waals surface area (Å²) in [7, 11) is 0. The summed E-state index contributed by atoms with van der Waals surface area (Å²) in [5.41, 5.74) is 0. The average molecular weight is 254 g/mol. The van der Waals surface area contributed by atoms with E-state index in [-0.39, 0.29) is 0 Å². The molecule has 0 radical (unpaired) electrons. The van der Waals surface area contributed by atoms with Crippen LogP contribution in [0.4, 0.5) is 0 Å². The Kier molecular flexibility index (Phi) is 5.46. The van der Waals surface area contributed by atoms with Gasteiger partial charge in [0.25, 0.3) is 0 Å². The molecular formula is C15H30N2O. The second-order valence-corrected chi connectivity index (χ2v) is 6.28. The number of hydrogen-bond acceptors (Lipinski definition) is 3. The largest absolute Gasteiger partial charge is 0.375 e. The van der Waals surface area contributed by atoms with E-state index in [9.17, 15) is 0 Å². The molecule has 3 nitrogen and oxygen atoms in total. The van der Waals surface area contributed by atoms with Crippen molar-refractivity contribution in [2.45, 2.75) is 77.2 Å². The molecule has 3 atom stereocenters. The number of nitrogens with zero attached hydrogens (tertiary/aromatic N) is 1. The van der Waals surface area contributed by atoms with Gasteiger partial charge in [-0.2, -0.15) is 0 Å².